The first-order chi connectivity index (χ1) is 15.0. The normalized spacial score (nSPS) is 13.7. The summed E-state index contributed by atoms with van der Waals surface area (Å²) >= 11 is 6.06. The van der Waals surface area contributed by atoms with Gasteiger partial charge in [-0.05, 0) is 48.6 Å². The number of nitrogens with one attached hydrogen (secondary N) is 2. The highest BCUT2D eigenvalue weighted by molar-refractivity contribution is 6.30. The van der Waals surface area contributed by atoms with Gasteiger partial charge in [0.1, 0.15) is 0 Å². The average molecular weight is 477 g/mol. The summed E-state index contributed by atoms with van der Waals surface area (Å²) in [5, 5.41) is 5.11. The highest BCUT2D eigenvalue weighted by atomic mass is 35.5. The van der Waals surface area contributed by atoms with Crippen LogP contribution in [0.2, 0.25) is 5.02 Å². The minimum atomic E-state index is -0.197. The summed E-state index contributed by atoms with van der Waals surface area (Å²) in [6.45, 7) is 3.88. The van der Waals surface area contributed by atoms with Gasteiger partial charge in [-0.25, -0.2) is 5.43 Å². The summed E-state index contributed by atoms with van der Waals surface area (Å²) < 4.78 is 0. The first-order valence-corrected chi connectivity index (χ1v) is 10.9. The molecule has 172 valence electrons. The molecule has 2 aromatic carbocycles. The van der Waals surface area contributed by atoms with Gasteiger partial charge in [0.2, 0.25) is 5.91 Å². The van der Waals surface area contributed by atoms with Gasteiger partial charge in [0.05, 0.1) is 6.42 Å². The Labute approximate surface area is 200 Å². The minimum Gasteiger partial charge on any atom is -0.352 e. The van der Waals surface area contributed by atoms with Crippen molar-refractivity contribution in [3.05, 3.63) is 81.4 Å². The average Bonchev–Trinajstić information content (AvgIpc) is 2.77. The fraction of sp³-hybridized carbons (Fsp3) is 0.333. The number of halogens is 2. The Morgan fingerprint density at radius 2 is 1.91 bits per heavy atom. The maximum Gasteiger partial charge on any atom is 0.264 e. The second-order valence-electron chi connectivity index (χ2n) is 7.68. The SMILES string of the molecule is CC1=C(CC(=O)NCc2cc(Cl)ccc2CN)C(=O)N(NCCc2ccccc2)CC1.Cl. The van der Waals surface area contributed by atoms with Crippen molar-refractivity contribution in [2.24, 2.45) is 5.73 Å². The zero-order chi connectivity index (χ0) is 22.2. The van der Waals surface area contributed by atoms with E-state index in [0.29, 0.717) is 36.8 Å². The van der Waals surface area contributed by atoms with Crippen molar-refractivity contribution < 1.29 is 9.59 Å². The molecule has 0 unspecified atom stereocenters. The lowest BCUT2D eigenvalue weighted by molar-refractivity contribution is -0.132. The van der Waals surface area contributed by atoms with Gasteiger partial charge in [-0.2, -0.15) is 0 Å². The van der Waals surface area contributed by atoms with Crippen molar-refractivity contribution in [1.29, 1.82) is 0 Å². The molecule has 0 bridgehead atoms. The van der Waals surface area contributed by atoms with Crippen LogP contribution in [0.25, 0.3) is 0 Å². The first kappa shape index (κ1) is 25.9. The molecule has 1 aliphatic heterocycles. The van der Waals surface area contributed by atoms with Gasteiger partial charge in [-0.15, -0.1) is 12.4 Å². The van der Waals surface area contributed by atoms with Gasteiger partial charge in [-0.3, -0.25) is 14.6 Å². The van der Waals surface area contributed by atoms with Crippen LogP contribution in [0, 0.1) is 0 Å². The number of nitrogens with two attached hydrogens (primary N) is 1. The fourth-order valence-corrected chi connectivity index (χ4v) is 3.80. The summed E-state index contributed by atoms with van der Waals surface area (Å²) in [6.07, 6.45) is 1.63. The maximum atomic E-state index is 12.9. The van der Waals surface area contributed by atoms with Gasteiger partial charge in [-0.1, -0.05) is 53.6 Å². The van der Waals surface area contributed by atoms with Crippen LogP contribution in [0.15, 0.2) is 59.7 Å². The molecular weight excluding hydrogens is 447 g/mol. The summed E-state index contributed by atoms with van der Waals surface area (Å²) in [7, 11) is 0. The summed E-state index contributed by atoms with van der Waals surface area (Å²) in [6, 6.07) is 15.6. The molecule has 3 rings (SSSR count). The largest absolute Gasteiger partial charge is 0.352 e. The van der Waals surface area contributed by atoms with Crippen molar-refractivity contribution in [2.75, 3.05) is 13.1 Å². The lowest BCUT2D eigenvalue weighted by Gasteiger charge is -2.30. The van der Waals surface area contributed by atoms with E-state index in [1.807, 2.05) is 31.2 Å². The van der Waals surface area contributed by atoms with E-state index in [0.717, 1.165) is 29.5 Å². The van der Waals surface area contributed by atoms with Gasteiger partial charge < -0.3 is 11.1 Å². The molecule has 0 saturated carbocycles. The minimum absolute atomic E-state index is 0. The van der Waals surface area contributed by atoms with Crippen LogP contribution in [0.1, 0.15) is 36.5 Å². The standard InChI is InChI=1S/C24H29ClN4O2.ClH/c1-17-10-12-29(28-11-9-18-5-3-2-4-6-18)24(31)22(17)14-23(30)27-16-20-13-21(25)8-7-19(20)15-26;/h2-8,13,28H,9-12,14-16,26H2,1H3,(H,27,30);1H. The second-order valence-corrected chi connectivity index (χ2v) is 8.12. The zero-order valence-corrected chi connectivity index (χ0v) is 19.8. The number of carbonyl (C=O) groups excluding carboxylic acids is 2. The molecule has 0 saturated heterocycles. The molecule has 0 aliphatic carbocycles. The van der Waals surface area contributed by atoms with E-state index in [2.05, 4.69) is 22.9 Å². The van der Waals surface area contributed by atoms with Crippen molar-refractivity contribution in [1.82, 2.24) is 15.8 Å². The maximum absolute atomic E-state index is 12.9. The number of benzene rings is 2. The lowest BCUT2D eigenvalue weighted by Crippen LogP contribution is -2.47. The van der Waals surface area contributed by atoms with Crippen LogP contribution in [0.5, 0.6) is 0 Å². The molecule has 4 N–H and O–H groups in total. The van der Waals surface area contributed by atoms with Crippen LogP contribution in [0.4, 0.5) is 0 Å². The van der Waals surface area contributed by atoms with Crippen LogP contribution in [-0.2, 0) is 29.1 Å². The molecule has 2 aromatic rings. The fourth-order valence-electron chi connectivity index (χ4n) is 3.61. The highest BCUT2D eigenvalue weighted by Gasteiger charge is 2.26. The number of nitrogens with zero attached hydrogens (tertiary/aromatic N) is 1. The molecule has 0 aromatic heterocycles. The van der Waals surface area contributed by atoms with Crippen molar-refractivity contribution in [3.63, 3.8) is 0 Å². The number of hydrogen-bond donors (Lipinski definition) is 3. The number of amides is 2. The summed E-state index contributed by atoms with van der Waals surface area (Å²) in [5.41, 5.74) is 13.5. The Morgan fingerprint density at radius 1 is 1.16 bits per heavy atom. The van der Waals surface area contributed by atoms with E-state index >= 15 is 0 Å². The summed E-state index contributed by atoms with van der Waals surface area (Å²) in [5.74, 6) is -0.325. The van der Waals surface area contributed by atoms with Gasteiger partial charge >= 0.3 is 0 Å². The van der Waals surface area contributed by atoms with Crippen molar-refractivity contribution in [3.8, 4) is 0 Å². The van der Waals surface area contributed by atoms with Crippen molar-refractivity contribution >= 4 is 35.8 Å². The quantitative estimate of drug-likeness (QED) is 0.516. The van der Waals surface area contributed by atoms with E-state index in [1.54, 1.807) is 17.1 Å². The van der Waals surface area contributed by atoms with Gasteiger partial charge in [0.15, 0.2) is 0 Å². The van der Waals surface area contributed by atoms with E-state index in [-0.39, 0.29) is 30.6 Å². The van der Waals surface area contributed by atoms with Crippen LogP contribution < -0.4 is 16.5 Å². The van der Waals surface area contributed by atoms with E-state index < -0.39 is 0 Å². The number of carbonyl (C=O) groups is 2. The summed E-state index contributed by atoms with van der Waals surface area (Å²) in [4.78, 5) is 25.5. The Hall–Kier alpha value is -2.38. The molecule has 32 heavy (non-hydrogen) atoms. The number of hydrazine groups is 1. The first-order valence-electron chi connectivity index (χ1n) is 10.5. The molecule has 1 heterocycles. The lowest BCUT2D eigenvalue weighted by atomic mass is 9.98. The zero-order valence-electron chi connectivity index (χ0n) is 18.2. The van der Waals surface area contributed by atoms with Gasteiger partial charge in [0.25, 0.3) is 5.91 Å². The molecule has 0 radical (unpaired) electrons. The smallest absolute Gasteiger partial charge is 0.264 e. The molecule has 2 amide bonds. The Bertz CT molecular complexity index is 964. The topological polar surface area (TPSA) is 87.5 Å². The van der Waals surface area contributed by atoms with E-state index in [4.69, 9.17) is 17.3 Å². The predicted octanol–water partition coefficient (Wildman–Crippen LogP) is 3.52. The molecule has 1 aliphatic rings. The third-order valence-corrected chi connectivity index (χ3v) is 5.72. The second kappa shape index (κ2) is 12.6. The number of hydrogen-bond acceptors (Lipinski definition) is 4. The Balaban J connectivity index is 0.00000363. The molecule has 0 spiro atoms. The monoisotopic (exact) mass is 476 g/mol. The Kier molecular flexibility index (Phi) is 10.2. The number of rotatable bonds is 9. The van der Waals surface area contributed by atoms with Crippen molar-refractivity contribution in [2.45, 2.75) is 39.3 Å². The predicted molar refractivity (Wildman–Crippen MR) is 130 cm³/mol. The third-order valence-electron chi connectivity index (χ3n) is 5.49. The van der Waals surface area contributed by atoms with Crippen LogP contribution in [0.3, 0.4) is 0 Å². The molecule has 6 nitrogen and oxygen atoms in total. The van der Waals surface area contributed by atoms with Gasteiger partial charge in [0, 0.05) is 36.8 Å². The third kappa shape index (κ3) is 7.07. The Morgan fingerprint density at radius 3 is 2.62 bits per heavy atom. The molecular formula is C24H30Cl2N4O2. The van der Waals surface area contributed by atoms with Crippen LogP contribution in [-0.4, -0.2) is 29.9 Å². The highest BCUT2D eigenvalue weighted by Crippen LogP contribution is 2.21. The molecule has 0 atom stereocenters. The molecule has 0 fully saturated rings. The van der Waals surface area contributed by atoms with E-state index in [9.17, 15) is 9.59 Å². The molecule has 8 heteroatoms. The van der Waals surface area contributed by atoms with Crippen LogP contribution >= 0.6 is 24.0 Å². The van der Waals surface area contributed by atoms with E-state index in [1.165, 1.54) is 5.56 Å².